The van der Waals surface area contributed by atoms with E-state index in [0.29, 0.717) is 5.89 Å². The van der Waals surface area contributed by atoms with Crippen molar-refractivity contribution in [1.29, 1.82) is 0 Å². The van der Waals surface area contributed by atoms with Gasteiger partial charge in [-0.1, -0.05) is 6.07 Å². The molecule has 19 heavy (non-hydrogen) atoms. The molecule has 0 amide bonds. The Labute approximate surface area is 106 Å². The average Bonchev–Trinajstić information content (AvgIpc) is 2.75. The van der Waals surface area contributed by atoms with Crippen LogP contribution in [0.15, 0.2) is 28.7 Å². The van der Waals surface area contributed by atoms with Crippen molar-refractivity contribution in [3.63, 3.8) is 0 Å². The van der Waals surface area contributed by atoms with Gasteiger partial charge in [0.1, 0.15) is 0 Å². The summed E-state index contributed by atoms with van der Waals surface area (Å²) >= 11 is 0. The van der Waals surface area contributed by atoms with E-state index in [1.807, 2.05) is 0 Å². The number of alkyl halides is 3. The van der Waals surface area contributed by atoms with Gasteiger partial charge in [-0.15, -0.1) is 10.2 Å². The molecule has 0 radical (unpaired) electrons. The lowest BCUT2D eigenvalue weighted by atomic mass is 10.0. The zero-order valence-electron chi connectivity index (χ0n) is 9.74. The van der Waals surface area contributed by atoms with E-state index in [1.54, 1.807) is 0 Å². The van der Waals surface area contributed by atoms with Crippen LogP contribution in [0.3, 0.4) is 0 Å². The molecule has 1 fully saturated rings. The SMILES string of the molecule is FC(F)(F)c1cccc(-c2nnc(C3CNC3)o2)c1. The maximum absolute atomic E-state index is 12.6. The van der Waals surface area contributed by atoms with Crippen LogP contribution in [0.2, 0.25) is 0 Å². The highest BCUT2D eigenvalue weighted by Crippen LogP contribution is 2.32. The summed E-state index contributed by atoms with van der Waals surface area (Å²) in [5.74, 6) is 0.742. The first-order chi connectivity index (χ1) is 9.04. The minimum absolute atomic E-state index is 0.119. The summed E-state index contributed by atoms with van der Waals surface area (Å²) in [5, 5.41) is 10.7. The topological polar surface area (TPSA) is 51.0 Å². The van der Waals surface area contributed by atoms with Crippen LogP contribution in [0.25, 0.3) is 11.5 Å². The molecule has 1 aromatic heterocycles. The second-order valence-electron chi connectivity index (χ2n) is 4.38. The van der Waals surface area contributed by atoms with E-state index in [-0.39, 0.29) is 17.4 Å². The fourth-order valence-corrected chi connectivity index (χ4v) is 1.81. The largest absolute Gasteiger partial charge is 0.420 e. The van der Waals surface area contributed by atoms with E-state index >= 15 is 0 Å². The Balaban J connectivity index is 1.91. The van der Waals surface area contributed by atoms with E-state index < -0.39 is 11.7 Å². The van der Waals surface area contributed by atoms with Gasteiger partial charge in [-0.3, -0.25) is 0 Å². The van der Waals surface area contributed by atoms with Gasteiger partial charge in [0.2, 0.25) is 11.8 Å². The third-order valence-corrected chi connectivity index (χ3v) is 3.01. The van der Waals surface area contributed by atoms with Crippen LogP contribution in [-0.4, -0.2) is 23.3 Å². The van der Waals surface area contributed by atoms with Gasteiger partial charge in [0.25, 0.3) is 0 Å². The Hall–Kier alpha value is -1.89. The van der Waals surface area contributed by atoms with Crippen LogP contribution in [-0.2, 0) is 6.18 Å². The predicted octanol–water partition coefficient (Wildman–Crippen LogP) is 2.44. The maximum atomic E-state index is 12.6. The molecule has 0 aliphatic carbocycles. The molecule has 4 nitrogen and oxygen atoms in total. The van der Waals surface area contributed by atoms with Crippen molar-refractivity contribution in [3.05, 3.63) is 35.7 Å². The van der Waals surface area contributed by atoms with Crippen LogP contribution in [0.5, 0.6) is 0 Å². The monoisotopic (exact) mass is 269 g/mol. The normalized spacial score (nSPS) is 16.4. The van der Waals surface area contributed by atoms with Gasteiger partial charge in [0, 0.05) is 18.7 Å². The Morgan fingerprint density at radius 3 is 2.63 bits per heavy atom. The smallest absolute Gasteiger partial charge is 0.416 e. The lowest BCUT2D eigenvalue weighted by Gasteiger charge is -2.22. The minimum Gasteiger partial charge on any atom is -0.420 e. The van der Waals surface area contributed by atoms with Gasteiger partial charge >= 0.3 is 6.18 Å². The van der Waals surface area contributed by atoms with E-state index in [0.717, 1.165) is 25.2 Å². The predicted molar refractivity (Wildman–Crippen MR) is 60.3 cm³/mol. The molecule has 100 valence electrons. The van der Waals surface area contributed by atoms with Gasteiger partial charge in [-0.25, -0.2) is 0 Å². The zero-order chi connectivity index (χ0) is 13.5. The third-order valence-electron chi connectivity index (χ3n) is 3.01. The molecule has 0 spiro atoms. The Morgan fingerprint density at radius 2 is 2.00 bits per heavy atom. The number of aromatic nitrogens is 2. The highest BCUT2D eigenvalue weighted by molar-refractivity contribution is 5.54. The first-order valence-corrected chi connectivity index (χ1v) is 5.76. The van der Waals surface area contributed by atoms with Crippen molar-refractivity contribution in [1.82, 2.24) is 15.5 Å². The summed E-state index contributed by atoms with van der Waals surface area (Å²) < 4.78 is 43.2. The molecule has 1 N–H and O–H groups in total. The van der Waals surface area contributed by atoms with Crippen molar-refractivity contribution < 1.29 is 17.6 Å². The van der Waals surface area contributed by atoms with Crippen molar-refractivity contribution in [2.24, 2.45) is 0 Å². The van der Waals surface area contributed by atoms with Crippen LogP contribution in [0, 0.1) is 0 Å². The fourth-order valence-electron chi connectivity index (χ4n) is 1.81. The molecule has 2 aromatic rings. The number of hydrogen-bond donors (Lipinski definition) is 1. The molecular weight excluding hydrogens is 259 g/mol. The fraction of sp³-hybridized carbons (Fsp3) is 0.333. The number of nitrogens with one attached hydrogen (secondary N) is 1. The van der Waals surface area contributed by atoms with Gasteiger partial charge in [-0.05, 0) is 18.2 Å². The molecule has 0 unspecified atom stereocenters. The van der Waals surface area contributed by atoms with Crippen LogP contribution in [0.1, 0.15) is 17.4 Å². The Bertz CT molecular complexity index is 590. The van der Waals surface area contributed by atoms with Crippen LogP contribution >= 0.6 is 0 Å². The van der Waals surface area contributed by atoms with Gasteiger partial charge in [0.15, 0.2) is 0 Å². The highest BCUT2D eigenvalue weighted by atomic mass is 19.4. The van der Waals surface area contributed by atoms with Crippen molar-refractivity contribution >= 4 is 0 Å². The third kappa shape index (κ3) is 2.33. The first-order valence-electron chi connectivity index (χ1n) is 5.76. The van der Waals surface area contributed by atoms with Crippen molar-refractivity contribution in [2.45, 2.75) is 12.1 Å². The van der Waals surface area contributed by atoms with Crippen LogP contribution in [0.4, 0.5) is 13.2 Å². The van der Waals surface area contributed by atoms with Crippen LogP contribution < -0.4 is 5.32 Å². The number of benzene rings is 1. The van der Waals surface area contributed by atoms with Crippen molar-refractivity contribution in [3.8, 4) is 11.5 Å². The molecule has 3 rings (SSSR count). The van der Waals surface area contributed by atoms with Gasteiger partial charge < -0.3 is 9.73 Å². The second-order valence-corrected chi connectivity index (χ2v) is 4.38. The molecule has 0 saturated carbocycles. The molecule has 1 saturated heterocycles. The quantitative estimate of drug-likeness (QED) is 0.909. The van der Waals surface area contributed by atoms with Gasteiger partial charge in [-0.2, -0.15) is 13.2 Å². The summed E-state index contributed by atoms with van der Waals surface area (Å²) in [7, 11) is 0. The Morgan fingerprint density at radius 1 is 1.21 bits per heavy atom. The summed E-state index contributed by atoms with van der Waals surface area (Å²) in [6.07, 6.45) is -4.38. The molecule has 2 heterocycles. The first kappa shape index (κ1) is 12.2. The van der Waals surface area contributed by atoms with E-state index in [9.17, 15) is 13.2 Å². The zero-order valence-corrected chi connectivity index (χ0v) is 9.74. The summed E-state index contributed by atoms with van der Waals surface area (Å²) in [5.41, 5.74) is -0.448. The molecule has 1 aliphatic rings. The molecule has 1 aliphatic heterocycles. The number of halogens is 3. The average molecular weight is 269 g/mol. The highest BCUT2D eigenvalue weighted by Gasteiger charge is 2.31. The number of hydrogen-bond acceptors (Lipinski definition) is 4. The number of nitrogens with zero attached hydrogens (tertiary/aromatic N) is 2. The minimum atomic E-state index is -4.38. The Kier molecular flexibility index (Phi) is 2.78. The van der Waals surface area contributed by atoms with Gasteiger partial charge in [0.05, 0.1) is 11.5 Å². The lowest BCUT2D eigenvalue weighted by Crippen LogP contribution is -2.40. The molecule has 0 atom stereocenters. The van der Waals surface area contributed by atoms with E-state index in [1.165, 1.54) is 12.1 Å². The molecular formula is C12H10F3N3O. The standard InChI is InChI=1S/C12H10F3N3O/c13-12(14,15)9-3-1-2-7(4-9)10-17-18-11(19-10)8-5-16-6-8/h1-4,8,16H,5-6H2. The molecule has 0 bridgehead atoms. The molecule has 1 aromatic carbocycles. The van der Waals surface area contributed by atoms with E-state index in [4.69, 9.17) is 4.42 Å². The lowest BCUT2D eigenvalue weighted by molar-refractivity contribution is -0.137. The summed E-state index contributed by atoms with van der Waals surface area (Å²) in [4.78, 5) is 0. The maximum Gasteiger partial charge on any atom is 0.416 e. The second kappa shape index (κ2) is 4.34. The van der Waals surface area contributed by atoms with Crippen molar-refractivity contribution in [2.75, 3.05) is 13.1 Å². The summed E-state index contributed by atoms with van der Waals surface area (Å²) in [6, 6.07) is 4.87. The molecule has 7 heteroatoms. The summed E-state index contributed by atoms with van der Waals surface area (Å²) in [6.45, 7) is 1.51. The number of rotatable bonds is 2. The van der Waals surface area contributed by atoms with E-state index in [2.05, 4.69) is 15.5 Å².